The first-order valence-corrected chi connectivity index (χ1v) is 26.2. The van der Waals surface area contributed by atoms with Gasteiger partial charge in [-0.3, -0.25) is 34.5 Å². The molecule has 12 rings (SSSR count). The minimum absolute atomic E-state index is 0.0405. The van der Waals surface area contributed by atoms with Gasteiger partial charge in [0, 0.05) is 113 Å². The fraction of sp³-hybridized carbons (Fsp3) is 0.527. The van der Waals surface area contributed by atoms with Crippen LogP contribution in [0.2, 0.25) is 0 Å². The number of imide groups is 1. The summed E-state index contributed by atoms with van der Waals surface area (Å²) in [6.45, 7) is 12.6. The van der Waals surface area contributed by atoms with Crippen LogP contribution in [0, 0.1) is 17.0 Å². The van der Waals surface area contributed by atoms with Gasteiger partial charge < -0.3 is 29.9 Å². The molecule has 3 amide bonds. The van der Waals surface area contributed by atoms with Crippen molar-refractivity contribution in [3.05, 3.63) is 71.4 Å². The Balaban J connectivity index is 0.698. The van der Waals surface area contributed by atoms with Crippen molar-refractivity contribution >= 4 is 56.6 Å². The Labute approximate surface area is 422 Å². The molecule has 3 atom stereocenters. The van der Waals surface area contributed by atoms with E-state index >= 15 is 13.2 Å². The van der Waals surface area contributed by atoms with Gasteiger partial charge in [0.1, 0.15) is 40.3 Å². The van der Waals surface area contributed by atoms with E-state index in [0.29, 0.717) is 124 Å². The molecule has 1 saturated carbocycles. The van der Waals surface area contributed by atoms with E-state index in [2.05, 4.69) is 41.3 Å². The normalized spacial score (nSPS) is 24.7. The number of ether oxygens (including phenoxy) is 1. The van der Waals surface area contributed by atoms with Gasteiger partial charge in [0.25, 0.3) is 0 Å². The summed E-state index contributed by atoms with van der Waals surface area (Å²) in [5.41, 5.74) is 0.959. The Morgan fingerprint density at radius 1 is 0.849 bits per heavy atom. The smallest absolute Gasteiger partial charge is 0.319 e. The zero-order valence-corrected chi connectivity index (χ0v) is 41.8. The number of nitrogens with zero attached hydrogens (tertiary/aromatic N) is 8. The zero-order chi connectivity index (χ0) is 50.6. The summed E-state index contributed by atoms with van der Waals surface area (Å²) in [4.78, 5) is 63.3. The number of benzene rings is 3. The number of aromatic hydroxyl groups is 1. The van der Waals surface area contributed by atoms with Crippen LogP contribution in [-0.2, 0) is 26.2 Å². The van der Waals surface area contributed by atoms with E-state index in [1.165, 1.54) is 12.1 Å². The number of hydrogen-bond acceptors (Lipinski definition) is 13. The summed E-state index contributed by atoms with van der Waals surface area (Å²) >= 11 is 0. The second-order valence-electron chi connectivity index (χ2n) is 22.5. The largest absolute Gasteiger partial charge is 0.508 e. The summed E-state index contributed by atoms with van der Waals surface area (Å²) in [7, 11) is 0. The van der Waals surface area contributed by atoms with E-state index in [1.54, 1.807) is 23.2 Å². The Morgan fingerprint density at radius 2 is 1.59 bits per heavy atom. The van der Waals surface area contributed by atoms with Gasteiger partial charge in [-0.05, 0) is 124 Å². The molecule has 3 N–H and O–H groups in total. The van der Waals surface area contributed by atoms with Crippen molar-refractivity contribution in [3.63, 3.8) is 0 Å². The number of anilines is 3. The molecule has 73 heavy (non-hydrogen) atoms. The molecule has 2 bridgehead atoms. The molecule has 384 valence electrons. The first-order chi connectivity index (χ1) is 35.1. The quantitative estimate of drug-likeness (QED) is 0.116. The molecule has 18 heteroatoms. The lowest BCUT2D eigenvalue weighted by Gasteiger charge is -2.43. The lowest BCUT2D eigenvalue weighted by Crippen LogP contribution is -2.55. The molecule has 3 aromatic carbocycles. The number of likely N-dealkylation sites (tertiary alicyclic amines) is 1. The number of aromatic nitrogens is 3. The Hall–Kier alpha value is -6.11. The van der Waals surface area contributed by atoms with Crippen molar-refractivity contribution in [2.45, 2.75) is 108 Å². The number of piperazine rings is 2. The van der Waals surface area contributed by atoms with Crippen LogP contribution < -0.4 is 30.1 Å². The number of pyridine rings is 1. The highest BCUT2D eigenvalue weighted by Crippen LogP contribution is 2.49. The molecule has 3 unspecified atom stereocenters. The maximum atomic E-state index is 17.2. The minimum Gasteiger partial charge on any atom is -0.508 e. The summed E-state index contributed by atoms with van der Waals surface area (Å²) in [6, 6.07) is 11.8. The number of halogens is 3. The first-order valence-electron chi connectivity index (χ1n) is 26.2. The summed E-state index contributed by atoms with van der Waals surface area (Å²) in [5.74, 6) is -1.54. The number of hydrogen-bond donors (Lipinski definition) is 3. The average molecular weight is 1000 g/mol. The highest BCUT2D eigenvalue weighted by molar-refractivity contribution is 6.14. The third kappa shape index (κ3) is 8.69. The highest BCUT2D eigenvalue weighted by atomic mass is 19.1. The number of nitrogens with one attached hydrogen (secondary N) is 2. The predicted molar refractivity (Wildman–Crippen MR) is 272 cm³/mol. The highest BCUT2D eigenvalue weighted by Gasteiger charge is 2.50. The Kier molecular flexibility index (Phi) is 11.9. The van der Waals surface area contributed by atoms with Gasteiger partial charge >= 0.3 is 6.01 Å². The molecule has 5 saturated heterocycles. The fourth-order valence-corrected chi connectivity index (χ4v) is 12.8. The number of phenols is 1. The molecule has 0 spiro atoms. The van der Waals surface area contributed by atoms with Crippen LogP contribution in [0.5, 0.6) is 11.8 Å². The standard InChI is InChI=1S/C55H63F3N10O5/c1-4-37-41(56)9-5-32-23-36(69)25-38(45(32)37)47-46(57)48-39(26-59-47)49(67-27-33-6-7-34(28-67)60-33)63-52(62-48)73-31-54(13-14-54)29-64-17-15-55(58,16-18-64)30-65-19-21-66(22-20-65)35-8-10-42-40(24-35)53(2,3)51(72)68(42)43-11-12-44(70)61-50(43)71/h5,8-10,23-26,33-34,43,60,69H,4,6-7,11-22,27-31H2,1-3H3,(H,61,70,71). The van der Waals surface area contributed by atoms with Crippen molar-refractivity contribution < 1.29 is 37.4 Å². The number of carbonyl (C=O) groups is 3. The van der Waals surface area contributed by atoms with Gasteiger partial charge in [-0.25, -0.2) is 13.2 Å². The molecule has 7 aliphatic rings. The van der Waals surface area contributed by atoms with Gasteiger partial charge in [0.15, 0.2) is 5.82 Å². The van der Waals surface area contributed by atoms with Crippen LogP contribution in [0.4, 0.5) is 30.4 Å². The van der Waals surface area contributed by atoms with E-state index in [9.17, 15) is 19.5 Å². The molecule has 1 aliphatic carbocycles. The molecule has 5 aromatic rings. The number of carbonyl (C=O) groups excluding carboxylic acids is 3. The van der Waals surface area contributed by atoms with Crippen molar-refractivity contribution in [1.29, 1.82) is 0 Å². The Morgan fingerprint density at radius 3 is 2.30 bits per heavy atom. The first kappa shape index (κ1) is 47.9. The van der Waals surface area contributed by atoms with E-state index in [-0.39, 0.29) is 64.3 Å². The van der Waals surface area contributed by atoms with Gasteiger partial charge in [-0.2, -0.15) is 9.97 Å². The zero-order valence-electron chi connectivity index (χ0n) is 41.8. The maximum Gasteiger partial charge on any atom is 0.319 e. The van der Waals surface area contributed by atoms with Crippen molar-refractivity contribution in [1.82, 2.24) is 35.4 Å². The van der Waals surface area contributed by atoms with Crippen LogP contribution >= 0.6 is 0 Å². The average Bonchev–Trinajstić information content (AvgIpc) is 4.02. The summed E-state index contributed by atoms with van der Waals surface area (Å²) < 4.78 is 55.6. The number of fused-ring (bicyclic) bond motifs is 5. The van der Waals surface area contributed by atoms with Crippen molar-refractivity contribution in [3.8, 4) is 23.0 Å². The number of phenolic OH excluding ortho intramolecular Hbond substituents is 1. The van der Waals surface area contributed by atoms with Gasteiger partial charge in [0.05, 0.1) is 17.4 Å². The second-order valence-corrected chi connectivity index (χ2v) is 22.5. The third-order valence-electron chi connectivity index (χ3n) is 17.1. The Bertz CT molecular complexity index is 3050. The molecule has 15 nitrogen and oxygen atoms in total. The molecule has 8 heterocycles. The molecular formula is C55H63F3N10O5. The van der Waals surface area contributed by atoms with Gasteiger partial charge in [0.2, 0.25) is 17.7 Å². The van der Waals surface area contributed by atoms with Crippen LogP contribution in [0.1, 0.15) is 83.3 Å². The molecule has 6 fully saturated rings. The fourth-order valence-electron chi connectivity index (χ4n) is 12.8. The number of alkyl halides is 1. The molecular weight excluding hydrogens is 938 g/mol. The van der Waals surface area contributed by atoms with Gasteiger partial charge in [-0.15, -0.1) is 0 Å². The number of piperidine rings is 2. The van der Waals surface area contributed by atoms with Crippen LogP contribution in [0.15, 0.2) is 48.7 Å². The predicted octanol–water partition coefficient (Wildman–Crippen LogP) is 6.55. The lowest BCUT2D eigenvalue weighted by atomic mass is 9.86. The maximum absolute atomic E-state index is 17.2. The van der Waals surface area contributed by atoms with E-state index in [1.807, 2.05) is 32.9 Å². The number of rotatable bonds is 12. The summed E-state index contributed by atoms with van der Waals surface area (Å²) in [6.07, 6.45) is 7.27. The number of amides is 3. The summed E-state index contributed by atoms with van der Waals surface area (Å²) in [5, 5.41) is 18.3. The molecule has 0 radical (unpaired) electrons. The SMILES string of the molecule is CCc1c(F)ccc2cc(O)cc(-c3ncc4c(N5CC6CCC(C5)N6)nc(OCC5(CN6CCC(F)(CN7CCN(c8ccc9c(c8)C(C)(C)C(=O)N9C8CCC(=O)NC8=O)CC7)CC6)CC5)nc4c3F)c12. The van der Waals surface area contributed by atoms with Crippen molar-refractivity contribution in [2.75, 3.05) is 86.8 Å². The van der Waals surface area contributed by atoms with Gasteiger partial charge in [-0.1, -0.05) is 13.0 Å². The van der Waals surface area contributed by atoms with Crippen LogP contribution in [-0.4, -0.2) is 143 Å². The second kappa shape index (κ2) is 18.1. The third-order valence-corrected chi connectivity index (χ3v) is 17.1. The lowest BCUT2D eigenvalue weighted by molar-refractivity contribution is -0.136. The van der Waals surface area contributed by atoms with E-state index < -0.39 is 34.7 Å². The topological polar surface area (TPSA) is 160 Å². The minimum atomic E-state index is -1.31. The van der Waals surface area contributed by atoms with E-state index in [0.717, 1.165) is 43.5 Å². The number of aryl methyl sites for hydroxylation is 1. The van der Waals surface area contributed by atoms with E-state index in [4.69, 9.17) is 14.7 Å². The monoisotopic (exact) mass is 1000 g/mol. The molecule has 2 aromatic heterocycles. The molecule has 6 aliphatic heterocycles. The van der Waals surface area contributed by atoms with Crippen LogP contribution in [0.3, 0.4) is 0 Å². The van der Waals surface area contributed by atoms with Crippen LogP contribution in [0.25, 0.3) is 32.9 Å². The van der Waals surface area contributed by atoms with Crippen molar-refractivity contribution in [2.24, 2.45) is 5.41 Å².